The Labute approximate surface area is 255 Å². The molecule has 0 radical (unpaired) electrons. The van der Waals surface area contributed by atoms with Crippen LogP contribution in [0.5, 0.6) is 5.75 Å². The summed E-state index contributed by atoms with van der Waals surface area (Å²) in [5, 5.41) is 3.18. The smallest absolute Gasteiger partial charge is 0.251 e. The first-order chi connectivity index (χ1) is 20.8. The molecule has 1 fully saturated rings. The number of likely N-dealkylation sites (tertiary alicyclic amines) is 1. The molecule has 0 aliphatic carbocycles. The number of amides is 1. The third-order valence-electron chi connectivity index (χ3n) is 8.86. The zero-order chi connectivity index (χ0) is 30.3. The predicted molar refractivity (Wildman–Crippen MR) is 173 cm³/mol. The SMILES string of the molecule is COc1ccc(N(Cc2cnccc2C)C2CCN(C(C)CCNC(=O)c3c(C)cc(-c4c[nH]cn4)cc3C)CC2)cc1. The van der Waals surface area contributed by atoms with Crippen molar-refractivity contribution in [2.24, 2.45) is 0 Å². The summed E-state index contributed by atoms with van der Waals surface area (Å²) in [6, 6.07) is 15.4. The van der Waals surface area contributed by atoms with Gasteiger partial charge in [0, 0.05) is 73.7 Å². The molecule has 3 heterocycles. The molecular weight excluding hydrogens is 536 g/mol. The van der Waals surface area contributed by atoms with E-state index < -0.39 is 0 Å². The van der Waals surface area contributed by atoms with Crippen LogP contribution >= 0.6 is 0 Å². The molecule has 1 amide bonds. The van der Waals surface area contributed by atoms with Crippen molar-refractivity contribution in [2.75, 3.05) is 31.6 Å². The molecule has 43 heavy (non-hydrogen) atoms. The summed E-state index contributed by atoms with van der Waals surface area (Å²) < 4.78 is 5.41. The number of aromatic nitrogens is 3. The average molecular weight is 581 g/mol. The molecule has 4 aromatic rings. The minimum absolute atomic E-state index is 0.00434. The van der Waals surface area contributed by atoms with Crippen molar-refractivity contribution in [3.8, 4) is 17.0 Å². The highest BCUT2D eigenvalue weighted by molar-refractivity contribution is 5.97. The van der Waals surface area contributed by atoms with Gasteiger partial charge in [0.05, 0.1) is 19.1 Å². The molecule has 1 aliphatic rings. The van der Waals surface area contributed by atoms with Crippen molar-refractivity contribution < 1.29 is 9.53 Å². The van der Waals surface area contributed by atoms with Crippen LogP contribution in [0.4, 0.5) is 5.69 Å². The van der Waals surface area contributed by atoms with E-state index in [1.54, 1.807) is 13.4 Å². The summed E-state index contributed by atoms with van der Waals surface area (Å²) in [5.74, 6) is 0.864. The minimum atomic E-state index is -0.00434. The van der Waals surface area contributed by atoms with E-state index in [1.165, 1.54) is 16.8 Å². The number of hydrogen-bond donors (Lipinski definition) is 2. The van der Waals surface area contributed by atoms with Crippen LogP contribution in [0.15, 0.2) is 67.4 Å². The number of imidazole rings is 1. The predicted octanol–water partition coefficient (Wildman–Crippen LogP) is 6.09. The van der Waals surface area contributed by atoms with Crippen LogP contribution in [0, 0.1) is 20.8 Å². The number of benzene rings is 2. The van der Waals surface area contributed by atoms with Gasteiger partial charge in [-0.25, -0.2) is 4.98 Å². The van der Waals surface area contributed by atoms with Crippen molar-refractivity contribution in [1.82, 2.24) is 25.2 Å². The van der Waals surface area contributed by atoms with E-state index in [9.17, 15) is 4.79 Å². The summed E-state index contributed by atoms with van der Waals surface area (Å²) in [6.07, 6.45) is 10.5. The molecule has 8 nitrogen and oxygen atoms in total. The number of H-pyrrole nitrogens is 1. The van der Waals surface area contributed by atoms with Gasteiger partial charge in [0.15, 0.2) is 0 Å². The molecular formula is C35H44N6O2. The zero-order valence-corrected chi connectivity index (χ0v) is 26.1. The number of carbonyl (C=O) groups is 1. The number of rotatable bonds is 11. The number of carbonyl (C=O) groups excluding carboxylic acids is 1. The fourth-order valence-corrected chi connectivity index (χ4v) is 6.24. The molecule has 5 rings (SSSR count). The number of methoxy groups -OCH3 is 1. The quantitative estimate of drug-likeness (QED) is 0.224. The molecule has 1 atom stereocenters. The lowest BCUT2D eigenvalue weighted by Crippen LogP contribution is -2.48. The largest absolute Gasteiger partial charge is 0.497 e. The molecule has 8 heteroatoms. The number of piperidine rings is 1. The van der Waals surface area contributed by atoms with Crippen LogP contribution in [0.25, 0.3) is 11.3 Å². The van der Waals surface area contributed by atoms with Crippen molar-refractivity contribution >= 4 is 11.6 Å². The van der Waals surface area contributed by atoms with Gasteiger partial charge in [-0.05, 0) is 112 Å². The molecule has 2 N–H and O–H groups in total. The van der Waals surface area contributed by atoms with Gasteiger partial charge in [-0.15, -0.1) is 0 Å². The van der Waals surface area contributed by atoms with Crippen molar-refractivity contribution in [3.63, 3.8) is 0 Å². The number of aromatic amines is 1. The summed E-state index contributed by atoms with van der Waals surface area (Å²) >= 11 is 0. The summed E-state index contributed by atoms with van der Waals surface area (Å²) in [4.78, 5) is 30.0. The van der Waals surface area contributed by atoms with E-state index in [2.05, 4.69) is 62.1 Å². The molecule has 2 aromatic heterocycles. The van der Waals surface area contributed by atoms with Gasteiger partial charge in [-0.1, -0.05) is 0 Å². The Morgan fingerprint density at radius 2 is 1.81 bits per heavy atom. The molecule has 2 aromatic carbocycles. The molecule has 0 spiro atoms. The van der Waals surface area contributed by atoms with Crippen molar-refractivity contribution in [2.45, 2.75) is 65.6 Å². The summed E-state index contributed by atoms with van der Waals surface area (Å²) in [6.45, 7) is 12.0. The Balaban J connectivity index is 1.16. The standard InChI is InChI=1S/C35H44N6O2/c1-24-10-14-36-20-29(24)22-41(30-6-8-32(43-5)9-7-30)31-12-16-40(17-13-31)27(4)11-15-38-35(42)34-25(2)18-28(19-26(34)3)33-21-37-23-39-33/h6-10,14,18-21,23,27,31H,11-13,15-17,22H2,1-5H3,(H,37,39)(H,38,42). The van der Waals surface area contributed by atoms with E-state index in [0.717, 1.165) is 72.6 Å². The molecule has 0 saturated carbocycles. The maximum absolute atomic E-state index is 13.1. The maximum Gasteiger partial charge on any atom is 0.251 e. The van der Waals surface area contributed by atoms with Gasteiger partial charge in [-0.2, -0.15) is 0 Å². The van der Waals surface area contributed by atoms with Gasteiger partial charge in [0.2, 0.25) is 0 Å². The van der Waals surface area contributed by atoms with Crippen LogP contribution in [-0.2, 0) is 6.54 Å². The number of nitrogens with zero attached hydrogens (tertiary/aromatic N) is 4. The van der Waals surface area contributed by atoms with E-state index in [-0.39, 0.29) is 5.91 Å². The third-order valence-corrected chi connectivity index (χ3v) is 8.86. The van der Waals surface area contributed by atoms with Crippen molar-refractivity contribution in [1.29, 1.82) is 0 Å². The van der Waals surface area contributed by atoms with Crippen molar-refractivity contribution in [3.05, 3.63) is 95.2 Å². The Morgan fingerprint density at radius 3 is 2.44 bits per heavy atom. The van der Waals surface area contributed by atoms with E-state index in [4.69, 9.17) is 4.74 Å². The lowest BCUT2D eigenvalue weighted by Gasteiger charge is -2.42. The van der Waals surface area contributed by atoms with Crippen LogP contribution in [0.3, 0.4) is 0 Å². The Hall–Kier alpha value is -4.17. The molecule has 1 saturated heterocycles. The topological polar surface area (TPSA) is 86.4 Å². The lowest BCUT2D eigenvalue weighted by molar-refractivity contribution is 0.0944. The normalized spacial score (nSPS) is 14.8. The second kappa shape index (κ2) is 13.9. The first-order valence-electron chi connectivity index (χ1n) is 15.3. The fraction of sp³-hybridized carbons (Fsp3) is 0.400. The van der Waals surface area contributed by atoms with E-state index in [1.807, 2.05) is 56.7 Å². The van der Waals surface area contributed by atoms with Gasteiger partial charge < -0.3 is 24.8 Å². The van der Waals surface area contributed by atoms with Crippen LogP contribution in [0.1, 0.15) is 58.8 Å². The van der Waals surface area contributed by atoms with Crippen LogP contribution in [0.2, 0.25) is 0 Å². The van der Waals surface area contributed by atoms with E-state index in [0.29, 0.717) is 18.6 Å². The Kier molecular flexibility index (Phi) is 9.77. The van der Waals surface area contributed by atoms with Gasteiger partial charge in [0.1, 0.15) is 5.75 Å². The molecule has 1 aliphatic heterocycles. The zero-order valence-electron chi connectivity index (χ0n) is 26.1. The number of ether oxygens (including phenoxy) is 1. The second-order valence-corrected chi connectivity index (χ2v) is 11.7. The molecule has 0 bridgehead atoms. The number of nitrogens with one attached hydrogen (secondary N) is 2. The number of anilines is 1. The highest BCUT2D eigenvalue weighted by Crippen LogP contribution is 2.29. The second-order valence-electron chi connectivity index (χ2n) is 11.7. The highest BCUT2D eigenvalue weighted by atomic mass is 16.5. The number of aryl methyl sites for hydroxylation is 3. The molecule has 226 valence electrons. The van der Waals surface area contributed by atoms with Gasteiger partial charge >= 0.3 is 0 Å². The fourth-order valence-electron chi connectivity index (χ4n) is 6.24. The first-order valence-corrected chi connectivity index (χ1v) is 15.3. The Bertz CT molecular complexity index is 1470. The maximum atomic E-state index is 13.1. The van der Waals surface area contributed by atoms with Crippen LogP contribution in [-0.4, -0.2) is 64.6 Å². The third kappa shape index (κ3) is 7.25. The first kappa shape index (κ1) is 30.3. The highest BCUT2D eigenvalue weighted by Gasteiger charge is 2.28. The van der Waals surface area contributed by atoms with Crippen LogP contribution < -0.4 is 15.0 Å². The van der Waals surface area contributed by atoms with Gasteiger partial charge in [-0.3, -0.25) is 9.78 Å². The van der Waals surface area contributed by atoms with E-state index >= 15 is 0 Å². The summed E-state index contributed by atoms with van der Waals surface area (Å²) in [7, 11) is 1.70. The lowest BCUT2D eigenvalue weighted by atomic mass is 9.97. The Morgan fingerprint density at radius 1 is 1.09 bits per heavy atom. The monoisotopic (exact) mass is 580 g/mol. The minimum Gasteiger partial charge on any atom is -0.497 e. The summed E-state index contributed by atoms with van der Waals surface area (Å²) in [5.41, 5.74) is 8.33. The number of hydrogen-bond acceptors (Lipinski definition) is 6. The van der Waals surface area contributed by atoms with Gasteiger partial charge in [0.25, 0.3) is 5.91 Å². The average Bonchev–Trinajstić information content (AvgIpc) is 3.56. The molecule has 1 unspecified atom stereocenters. The number of pyridine rings is 1.